The van der Waals surface area contributed by atoms with Crippen LogP contribution in [0.5, 0.6) is 0 Å². The standard InChI is InChI=1S/C15H17BrN2/c1-11-8-14(16)15(17-10-11)18-12(2)9-13-6-4-3-5-7-13/h3-8,10,12H,9H2,1-2H3,(H,17,18). The first kappa shape index (κ1) is 13.1. The molecule has 1 unspecified atom stereocenters. The molecule has 0 amide bonds. The Balaban J connectivity index is 2.01. The second-order valence-corrected chi connectivity index (χ2v) is 5.43. The van der Waals surface area contributed by atoms with Gasteiger partial charge in [-0.05, 0) is 53.4 Å². The van der Waals surface area contributed by atoms with Crippen molar-refractivity contribution in [2.45, 2.75) is 26.3 Å². The monoisotopic (exact) mass is 304 g/mol. The van der Waals surface area contributed by atoms with Gasteiger partial charge in [-0.3, -0.25) is 0 Å². The van der Waals surface area contributed by atoms with Gasteiger partial charge in [-0.15, -0.1) is 0 Å². The lowest BCUT2D eigenvalue weighted by Crippen LogP contribution is -2.19. The Bertz CT molecular complexity index is 511. The van der Waals surface area contributed by atoms with Crippen molar-refractivity contribution in [3.05, 3.63) is 58.2 Å². The molecule has 0 fully saturated rings. The lowest BCUT2D eigenvalue weighted by Gasteiger charge is -2.15. The molecule has 1 aromatic heterocycles. The van der Waals surface area contributed by atoms with Gasteiger partial charge in [0.1, 0.15) is 5.82 Å². The molecule has 3 heteroatoms. The fourth-order valence-corrected chi connectivity index (χ4v) is 2.47. The molecule has 0 aliphatic carbocycles. The summed E-state index contributed by atoms with van der Waals surface area (Å²) in [5, 5.41) is 3.43. The average molecular weight is 305 g/mol. The van der Waals surface area contributed by atoms with Crippen molar-refractivity contribution in [1.29, 1.82) is 0 Å². The van der Waals surface area contributed by atoms with Gasteiger partial charge in [-0.1, -0.05) is 30.3 Å². The second-order valence-electron chi connectivity index (χ2n) is 4.58. The highest BCUT2D eigenvalue weighted by molar-refractivity contribution is 9.10. The first-order valence-corrected chi connectivity index (χ1v) is 6.87. The van der Waals surface area contributed by atoms with Crippen molar-refractivity contribution in [2.24, 2.45) is 0 Å². The number of hydrogen-bond donors (Lipinski definition) is 1. The van der Waals surface area contributed by atoms with Crippen molar-refractivity contribution >= 4 is 21.7 Å². The van der Waals surface area contributed by atoms with Crippen LogP contribution < -0.4 is 5.32 Å². The van der Waals surface area contributed by atoms with Crippen molar-refractivity contribution in [3.63, 3.8) is 0 Å². The number of hydrogen-bond acceptors (Lipinski definition) is 2. The Morgan fingerprint density at radius 2 is 2.00 bits per heavy atom. The molecule has 0 spiro atoms. The Morgan fingerprint density at radius 1 is 1.28 bits per heavy atom. The van der Waals surface area contributed by atoms with Crippen LogP contribution >= 0.6 is 15.9 Å². The number of nitrogens with zero attached hydrogens (tertiary/aromatic N) is 1. The number of anilines is 1. The van der Waals surface area contributed by atoms with Crippen LogP contribution in [0, 0.1) is 6.92 Å². The highest BCUT2D eigenvalue weighted by Gasteiger charge is 2.07. The SMILES string of the molecule is Cc1cnc(NC(C)Cc2ccccc2)c(Br)c1. The molecule has 0 saturated carbocycles. The van der Waals surface area contributed by atoms with Crippen LogP contribution in [0.3, 0.4) is 0 Å². The summed E-state index contributed by atoms with van der Waals surface area (Å²) in [5.41, 5.74) is 2.49. The van der Waals surface area contributed by atoms with Crippen LogP contribution in [0.15, 0.2) is 47.1 Å². The molecule has 2 rings (SSSR count). The third kappa shape index (κ3) is 3.57. The Morgan fingerprint density at radius 3 is 2.67 bits per heavy atom. The highest BCUT2D eigenvalue weighted by atomic mass is 79.9. The third-order valence-corrected chi connectivity index (χ3v) is 3.35. The minimum absolute atomic E-state index is 0.346. The molecule has 2 aromatic rings. The number of nitrogens with one attached hydrogen (secondary N) is 1. The molecule has 1 atom stereocenters. The summed E-state index contributed by atoms with van der Waals surface area (Å²) >= 11 is 3.54. The number of halogens is 1. The molecule has 94 valence electrons. The summed E-state index contributed by atoms with van der Waals surface area (Å²) in [4.78, 5) is 4.40. The van der Waals surface area contributed by atoms with E-state index in [2.05, 4.69) is 63.5 Å². The molecular formula is C15H17BrN2. The molecule has 1 aromatic carbocycles. The normalized spacial score (nSPS) is 12.2. The maximum Gasteiger partial charge on any atom is 0.140 e. The van der Waals surface area contributed by atoms with Crippen LogP contribution in [0.25, 0.3) is 0 Å². The molecule has 0 aliphatic rings. The zero-order valence-corrected chi connectivity index (χ0v) is 12.2. The van der Waals surface area contributed by atoms with Crippen LogP contribution in [-0.2, 0) is 6.42 Å². The Hall–Kier alpha value is -1.35. The summed E-state index contributed by atoms with van der Waals surface area (Å²) in [6, 6.07) is 12.9. The minimum Gasteiger partial charge on any atom is -0.366 e. The zero-order valence-electron chi connectivity index (χ0n) is 10.7. The minimum atomic E-state index is 0.346. The maximum atomic E-state index is 4.40. The molecule has 0 radical (unpaired) electrons. The smallest absolute Gasteiger partial charge is 0.140 e. The van der Waals surface area contributed by atoms with E-state index in [1.54, 1.807) is 0 Å². The van der Waals surface area contributed by atoms with Crippen LogP contribution in [0.1, 0.15) is 18.1 Å². The number of pyridine rings is 1. The van der Waals surface area contributed by atoms with E-state index in [0.717, 1.165) is 22.3 Å². The van der Waals surface area contributed by atoms with Gasteiger partial charge in [-0.25, -0.2) is 4.98 Å². The number of aromatic nitrogens is 1. The van der Waals surface area contributed by atoms with Crippen molar-refractivity contribution in [3.8, 4) is 0 Å². The predicted molar refractivity (Wildman–Crippen MR) is 79.9 cm³/mol. The predicted octanol–water partition coefficient (Wildman–Crippen LogP) is 4.20. The molecule has 2 nitrogen and oxygen atoms in total. The molecule has 0 saturated heterocycles. The van der Waals surface area contributed by atoms with Crippen molar-refractivity contribution < 1.29 is 0 Å². The summed E-state index contributed by atoms with van der Waals surface area (Å²) < 4.78 is 1.02. The van der Waals surface area contributed by atoms with E-state index in [0.29, 0.717) is 6.04 Å². The summed E-state index contributed by atoms with van der Waals surface area (Å²) in [5.74, 6) is 0.907. The summed E-state index contributed by atoms with van der Waals surface area (Å²) in [7, 11) is 0. The Labute approximate surface area is 117 Å². The van der Waals surface area contributed by atoms with Gasteiger partial charge >= 0.3 is 0 Å². The Kier molecular flexibility index (Phi) is 4.37. The highest BCUT2D eigenvalue weighted by Crippen LogP contribution is 2.21. The van der Waals surface area contributed by atoms with E-state index in [1.807, 2.05) is 19.2 Å². The van der Waals surface area contributed by atoms with Crippen LogP contribution in [0.2, 0.25) is 0 Å². The molecular weight excluding hydrogens is 288 g/mol. The van der Waals surface area contributed by atoms with Gasteiger partial charge in [0.15, 0.2) is 0 Å². The quantitative estimate of drug-likeness (QED) is 0.916. The first-order valence-electron chi connectivity index (χ1n) is 6.08. The fourth-order valence-electron chi connectivity index (χ4n) is 1.89. The van der Waals surface area contributed by atoms with Gasteiger partial charge in [0.05, 0.1) is 4.47 Å². The number of aryl methyl sites for hydroxylation is 1. The fraction of sp³-hybridized carbons (Fsp3) is 0.267. The molecule has 1 N–H and O–H groups in total. The van der Waals surface area contributed by atoms with Gasteiger partial charge in [0, 0.05) is 12.2 Å². The number of benzene rings is 1. The summed E-state index contributed by atoms with van der Waals surface area (Å²) in [6.45, 7) is 4.20. The lowest BCUT2D eigenvalue weighted by molar-refractivity contribution is 0.783. The van der Waals surface area contributed by atoms with Gasteiger partial charge in [0.25, 0.3) is 0 Å². The van der Waals surface area contributed by atoms with Crippen molar-refractivity contribution in [1.82, 2.24) is 4.98 Å². The van der Waals surface area contributed by atoms with E-state index >= 15 is 0 Å². The van der Waals surface area contributed by atoms with E-state index in [1.165, 1.54) is 5.56 Å². The average Bonchev–Trinajstić information content (AvgIpc) is 2.34. The number of rotatable bonds is 4. The largest absolute Gasteiger partial charge is 0.366 e. The second kappa shape index (κ2) is 6.01. The first-order chi connectivity index (χ1) is 8.65. The van der Waals surface area contributed by atoms with E-state index in [4.69, 9.17) is 0 Å². The van der Waals surface area contributed by atoms with Gasteiger partial charge in [0.2, 0.25) is 0 Å². The van der Waals surface area contributed by atoms with Crippen LogP contribution in [-0.4, -0.2) is 11.0 Å². The molecule has 18 heavy (non-hydrogen) atoms. The van der Waals surface area contributed by atoms with Crippen molar-refractivity contribution in [2.75, 3.05) is 5.32 Å². The van der Waals surface area contributed by atoms with Crippen LogP contribution in [0.4, 0.5) is 5.82 Å². The molecule has 1 heterocycles. The lowest BCUT2D eigenvalue weighted by atomic mass is 10.1. The summed E-state index contributed by atoms with van der Waals surface area (Å²) in [6.07, 6.45) is 2.87. The molecule has 0 aliphatic heterocycles. The topological polar surface area (TPSA) is 24.9 Å². The maximum absolute atomic E-state index is 4.40. The van der Waals surface area contributed by atoms with E-state index < -0.39 is 0 Å². The van der Waals surface area contributed by atoms with Gasteiger partial charge < -0.3 is 5.32 Å². The molecule has 0 bridgehead atoms. The van der Waals surface area contributed by atoms with Gasteiger partial charge in [-0.2, -0.15) is 0 Å². The van der Waals surface area contributed by atoms with E-state index in [-0.39, 0.29) is 0 Å². The van der Waals surface area contributed by atoms with E-state index in [9.17, 15) is 0 Å². The third-order valence-electron chi connectivity index (χ3n) is 2.75. The zero-order chi connectivity index (χ0) is 13.0.